The van der Waals surface area contributed by atoms with Crippen molar-refractivity contribution in [2.24, 2.45) is 0 Å². The fraction of sp³-hybridized carbons (Fsp3) is 0.0952. The zero-order valence-corrected chi connectivity index (χ0v) is 16.2. The summed E-state index contributed by atoms with van der Waals surface area (Å²) in [6.45, 7) is 2.15. The Morgan fingerprint density at radius 1 is 1.07 bits per heavy atom. The average Bonchev–Trinajstić information content (AvgIpc) is 3.09. The van der Waals surface area contributed by atoms with Crippen LogP contribution in [0.3, 0.4) is 0 Å². The summed E-state index contributed by atoms with van der Waals surface area (Å²) in [6, 6.07) is 14.8. The molecular weight excluding hydrogens is 388 g/mol. The summed E-state index contributed by atoms with van der Waals surface area (Å²) in [7, 11) is 0. The lowest BCUT2D eigenvalue weighted by Crippen LogP contribution is -2.22. The molecule has 0 spiro atoms. The van der Waals surface area contributed by atoms with Crippen molar-refractivity contribution in [3.63, 3.8) is 0 Å². The van der Waals surface area contributed by atoms with Crippen molar-refractivity contribution in [3.05, 3.63) is 87.8 Å². The zero-order valence-electron chi connectivity index (χ0n) is 15.5. The minimum Gasteiger partial charge on any atom is -0.309 e. The quantitative estimate of drug-likeness (QED) is 0.461. The molecule has 0 aliphatic heterocycles. The van der Waals surface area contributed by atoms with Gasteiger partial charge in [0.05, 0.1) is 28.8 Å². The van der Waals surface area contributed by atoms with Gasteiger partial charge in [0.2, 0.25) is 0 Å². The van der Waals surface area contributed by atoms with Crippen molar-refractivity contribution in [3.8, 4) is 11.3 Å². The van der Waals surface area contributed by atoms with E-state index < -0.39 is 0 Å². The lowest BCUT2D eigenvalue weighted by molar-refractivity contribution is 0.745. The van der Waals surface area contributed by atoms with E-state index in [1.165, 1.54) is 0 Å². The summed E-state index contributed by atoms with van der Waals surface area (Å²) in [4.78, 5) is 26.7. The number of aromatic nitrogens is 6. The molecule has 5 aromatic rings. The maximum Gasteiger partial charge on any atom is 0.262 e. The lowest BCUT2D eigenvalue weighted by atomic mass is 10.1. The maximum absolute atomic E-state index is 13.5. The largest absolute Gasteiger partial charge is 0.309 e. The molecule has 0 atom stereocenters. The van der Waals surface area contributed by atoms with Gasteiger partial charge in [0.1, 0.15) is 5.82 Å². The summed E-state index contributed by atoms with van der Waals surface area (Å²) in [6.07, 6.45) is 3.44. The average molecular weight is 403 g/mol. The predicted molar refractivity (Wildman–Crippen MR) is 111 cm³/mol. The van der Waals surface area contributed by atoms with Crippen LogP contribution in [0.15, 0.2) is 65.7 Å². The minimum atomic E-state index is -0.175. The van der Waals surface area contributed by atoms with E-state index in [-0.39, 0.29) is 5.56 Å². The Balaban J connectivity index is 1.84. The number of aryl methyl sites for hydroxylation is 1. The monoisotopic (exact) mass is 402 g/mol. The van der Waals surface area contributed by atoms with Crippen LogP contribution in [-0.4, -0.2) is 29.1 Å². The first kappa shape index (κ1) is 17.5. The van der Waals surface area contributed by atoms with E-state index in [1.807, 2.05) is 42.5 Å². The van der Waals surface area contributed by atoms with Crippen LogP contribution >= 0.6 is 11.6 Å². The molecule has 0 N–H and O–H groups in total. The zero-order chi connectivity index (χ0) is 20.0. The SMILES string of the molecule is Cc1nc2nc3ccn(Cc4ccccn4)c(=O)c3c(-c3cccc(Cl)c3)n2n1. The summed E-state index contributed by atoms with van der Waals surface area (Å²) < 4.78 is 3.23. The molecule has 0 bridgehead atoms. The molecule has 0 fully saturated rings. The highest BCUT2D eigenvalue weighted by Crippen LogP contribution is 2.28. The van der Waals surface area contributed by atoms with Crippen LogP contribution in [0.25, 0.3) is 27.9 Å². The van der Waals surface area contributed by atoms with Crippen molar-refractivity contribution < 1.29 is 0 Å². The molecule has 0 radical (unpaired) electrons. The van der Waals surface area contributed by atoms with Crippen LogP contribution in [0.4, 0.5) is 0 Å². The van der Waals surface area contributed by atoms with Crippen LogP contribution in [0.1, 0.15) is 11.5 Å². The van der Waals surface area contributed by atoms with Gasteiger partial charge >= 0.3 is 0 Å². The first-order valence-corrected chi connectivity index (χ1v) is 9.40. The number of hydrogen-bond donors (Lipinski definition) is 0. The van der Waals surface area contributed by atoms with E-state index in [4.69, 9.17) is 11.6 Å². The van der Waals surface area contributed by atoms with Gasteiger partial charge in [0, 0.05) is 23.0 Å². The summed E-state index contributed by atoms with van der Waals surface area (Å²) in [5.41, 5.74) is 2.57. The van der Waals surface area contributed by atoms with E-state index in [0.29, 0.717) is 39.8 Å². The molecule has 0 aliphatic carbocycles. The van der Waals surface area contributed by atoms with Gasteiger partial charge in [-0.1, -0.05) is 29.8 Å². The van der Waals surface area contributed by atoms with Crippen LogP contribution in [0.2, 0.25) is 5.02 Å². The van der Waals surface area contributed by atoms with Crippen molar-refractivity contribution in [2.75, 3.05) is 0 Å². The number of fused-ring (bicyclic) bond motifs is 2. The van der Waals surface area contributed by atoms with Crippen molar-refractivity contribution >= 4 is 28.3 Å². The van der Waals surface area contributed by atoms with Crippen LogP contribution < -0.4 is 5.56 Å². The molecular formula is C21H15ClN6O. The van der Waals surface area contributed by atoms with Gasteiger partial charge in [0.15, 0.2) is 0 Å². The predicted octanol–water partition coefficient (Wildman–Crippen LogP) is 3.51. The summed E-state index contributed by atoms with van der Waals surface area (Å²) in [5, 5.41) is 5.50. The molecule has 5 rings (SSSR count). The molecule has 8 heteroatoms. The summed E-state index contributed by atoms with van der Waals surface area (Å²) >= 11 is 6.23. The van der Waals surface area contributed by atoms with Gasteiger partial charge in [-0.2, -0.15) is 9.50 Å². The first-order valence-electron chi connectivity index (χ1n) is 9.02. The normalized spacial score (nSPS) is 11.4. The molecule has 29 heavy (non-hydrogen) atoms. The molecule has 7 nitrogen and oxygen atoms in total. The Morgan fingerprint density at radius 2 is 1.97 bits per heavy atom. The van der Waals surface area contributed by atoms with Crippen LogP contribution in [0.5, 0.6) is 0 Å². The smallest absolute Gasteiger partial charge is 0.262 e. The molecule has 142 valence electrons. The number of hydrogen-bond acceptors (Lipinski definition) is 5. The Kier molecular flexibility index (Phi) is 4.10. The number of pyridine rings is 2. The van der Waals surface area contributed by atoms with Gasteiger partial charge in [0.25, 0.3) is 11.3 Å². The van der Waals surface area contributed by atoms with E-state index >= 15 is 0 Å². The Morgan fingerprint density at radius 3 is 2.76 bits per heavy atom. The van der Waals surface area contributed by atoms with Crippen molar-refractivity contribution in [2.45, 2.75) is 13.5 Å². The highest BCUT2D eigenvalue weighted by molar-refractivity contribution is 6.30. The fourth-order valence-corrected chi connectivity index (χ4v) is 3.60. The third-order valence-corrected chi connectivity index (χ3v) is 4.90. The van der Waals surface area contributed by atoms with Gasteiger partial charge in [-0.05, 0) is 37.3 Å². The number of benzene rings is 1. The Bertz CT molecular complexity index is 1420. The van der Waals surface area contributed by atoms with E-state index in [0.717, 1.165) is 11.3 Å². The third kappa shape index (κ3) is 3.05. The van der Waals surface area contributed by atoms with Gasteiger partial charge in [-0.25, -0.2) is 4.98 Å². The second-order valence-electron chi connectivity index (χ2n) is 6.67. The second-order valence-corrected chi connectivity index (χ2v) is 7.11. The van der Waals surface area contributed by atoms with E-state index in [9.17, 15) is 4.79 Å². The highest BCUT2D eigenvalue weighted by Gasteiger charge is 2.18. The fourth-order valence-electron chi connectivity index (χ4n) is 3.41. The Hall–Kier alpha value is -3.58. The second kappa shape index (κ2) is 6.79. The number of nitrogens with zero attached hydrogens (tertiary/aromatic N) is 6. The van der Waals surface area contributed by atoms with Gasteiger partial charge in [-0.3, -0.25) is 9.78 Å². The minimum absolute atomic E-state index is 0.175. The summed E-state index contributed by atoms with van der Waals surface area (Å²) in [5.74, 6) is 1.01. The molecule has 0 aliphatic rings. The van der Waals surface area contributed by atoms with Crippen molar-refractivity contribution in [1.29, 1.82) is 0 Å². The van der Waals surface area contributed by atoms with E-state index in [2.05, 4.69) is 20.1 Å². The van der Waals surface area contributed by atoms with E-state index in [1.54, 1.807) is 34.5 Å². The molecule has 4 aromatic heterocycles. The van der Waals surface area contributed by atoms with Crippen LogP contribution in [0, 0.1) is 6.92 Å². The van der Waals surface area contributed by atoms with Gasteiger partial charge < -0.3 is 4.57 Å². The van der Waals surface area contributed by atoms with Crippen molar-refractivity contribution in [1.82, 2.24) is 29.1 Å². The first-order chi connectivity index (χ1) is 14.1. The van der Waals surface area contributed by atoms with Crippen LogP contribution in [-0.2, 0) is 6.54 Å². The molecule has 0 amide bonds. The number of rotatable bonds is 3. The third-order valence-electron chi connectivity index (χ3n) is 4.66. The Labute approximate surface area is 170 Å². The highest BCUT2D eigenvalue weighted by atomic mass is 35.5. The molecule has 1 aromatic carbocycles. The van der Waals surface area contributed by atoms with Gasteiger partial charge in [-0.15, -0.1) is 5.10 Å². The molecule has 4 heterocycles. The molecule has 0 saturated heterocycles. The standard InChI is InChI=1S/C21H15ClN6O/c1-13-24-21-25-17-8-10-27(12-16-7-2-3-9-23-16)20(29)18(17)19(28(21)26-13)14-5-4-6-15(22)11-14/h2-11H,12H2,1H3. The maximum atomic E-state index is 13.5. The number of halogens is 1. The molecule has 0 unspecified atom stereocenters. The molecule has 0 saturated carbocycles. The lowest BCUT2D eigenvalue weighted by Gasteiger charge is -2.11. The topological polar surface area (TPSA) is 78.0 Å².